The highest BCUT2D eigenvalue weighted by atomic mass is 32.2. The topological polar surface area (TPSA) is 114 Å². The first kappa shape index (κ1) is 20.7. The second-order valence-electron chi connectivity index (χ2n) is 6.41. The molecule has 0 saturated heterocycles. The fourth-order valence-electron chi connectivity index (χ4n) is 2.87. The molecule has 2 aromatic heterocycles. The van der Waals surface area contributed by atoms with Crippen molar-refractivity contribution in [3.8, 4) is 22.9 Å². The van der Waals surface area contributed by atoms with E-state index in [1.165, 1.54) is 22.5 Å². The number of rotatable bonds is 8. The Hall–Kier alpha value is -3.60. The van der Waals surface area contributed by atoms with Gasteiger partial charge in [0.1, 0.15) is 5.82 Å². The standard InChI is InChI=1S/C20H19FN6O3S/c1-28-15-8-7-13(9-16(15)29-2)19-23-18(30-26-19)11-31-20-25-24-17(27(20)22)10-12-5-3-4-6-14(12)21/h3-9H,10-11,22H2,1-2H3. The highest BCUT2D eigenvalue weighted by molar-refractivity contribution is 7.98. The summed E-state index contributed by atoms with van der Waals surface area (Å²) in [5.74, 6) is 8.55. The molecule has 0 aliphatic heterocycles. The smallest absolute Gasteiger partial charge is 0.237 e. The number of hydrogen-bond acceptors (Lipinski definition) is 9. The van der Waals surface area contributed by atoms with Crippen LogP contribution in [-0.4, -0.2) is 39.2 Å². The van der Waals surface area contributed by atoms with E-state index in [2.05, 4.69) is 20.3 Å². The quantitative estimate of drug-likeness (QED) is 0.325. The molecule has 2 aromatic carbocycles. The number of nitrogens with zero attached hydrogens (tertiary/aromatic N) is 5. The second-order valence-corrected chi connectivity index (χ2v) is 7.35. The number of aromatic nitrogens is 5. The Balaban J connectivity index is 1.44. The number of nitrogens with two attached hydrogens (primary N) is 1. The lowest BCUT2D eigenvalue weighted by Gasteiger charge is -2.07. The fraction of sp³-hybridized carbons (Fsp3) is 0.200. The molecular weight excluding hydrogens is 423 g/mol. The molecule has 4 aromatic rings. The van der Waals surface area contributed by atoms with E-state index < -0.39 is 0 Å². The molecule has 0 bridgehead atoms. The summed E-state index contributed by atoms with van der Waals surface area (Å²) in [6, 6.07) is 11.8. The summed E-state index contributed by atoms with van der Waals surface area (Å²) >= 11 is 1.29. The molecule has 2 heterocycles. The molecule has 0 amide bonds. The van der Waals surface area contributed by atoms with Gasteiger partial charge in [-0.15, -0.1) is 10.2 Å². The van der Waals surface area contributed by atoms with Gasteiger partial charge in [0.25, 0.3) is 0 Å². The molecule has 9 nitrogen and oxygen atoms in total. The normalized spacial score (nSPS) is 10.9. The summed E-state index contributed by atoms with van der Waals surface area (Å²) in [4.78, 5) is 4.40. The number of methoxy groups -OCH3 is 2. The lowest BCUT2D eigenvalue weighted by molar-refractivity contribution is 0.355. The molecule has 0 aliphatic rings. The van der Waals surface area contributed by atoms with Crippen LogP contribution in [0.4, 0.5) is 4.39 Å². The maximum Gasteiger partial charge on any atom is 0.237 e. The summed E-state index contributed by atoms with van der Waals surface area (Å²) in [6.07, 6.45) is 0.237. The molecule has 0 saturated carbocycles. The van der Waals surface area contributed by atoms with Crippen molar-refractivity contribution >= 4 is 11.8 Å². The van der Waals surface area contributed by atoms with Crippen molar-refractivity contribution in [3.05, 3.63) is 65.6 Å². The first-order chi connectivity index (χ1) is 15.1. The van der Waals surface area contributed by atoms with E-state index in [1.54, 1.807) is 44.6 Å². The van der Waals surface area contributed by atoms with Crippen LogP contribution in [0.25, 0.3) is 11.4 Å². The van der Waals surface area contributed by atoms with Crippen LogP contribution in [0.3, 0.4) is 0 Å². The van der Waals surface area contributed by atoms with Gasteiger partial charge in [0.2, 0.25) is 16.9 Å². The molecule has 0 atom stereocenters. The van der Waals surface area contributed by atoms with Crippen molar-refractivity contribution in [3.63, 3.8) is 0 Å². The van der Waals surface area contributed by atoms with Gasteiger partial charge in [-0.1, -0.05) is 35.1 Å². The lowest BCUT2D eigenvalue weighted by Crippen LogP contribution is -2.14. The van der Waals surface area contributed by atoms with Crippen LogP contribution in [0, 0.1) is 5.82 Å². The van der Waals surface area contributed by atoms with Gasteiger partial charge in [-0.2, -0.15) is 4.98 Å². The third kappa shape index (κ3) is 4.45. The predicted molar refractivity (Wildman–Crippen MR) is 112 cm³/mol. The first-order valence-electron chi connectivity index (χ1n) is 9.19. The number of ether oxygens (including phenoxy) is 2. The molecule has 0 aliphatic carbocycles. The van der Waals surface area contributed by atoms with Gasteiger partial charge in [0, 0.05) is 12.0 Å². The van der Waals surface area contributed by atoms with Crippen molar-refractivity contribution in [2.75, 3.05) is 20.1 Å². The monoisotopic (exact) mass is 442 g/mol. The van der Waals surface area contributed by atoms with E-state index in [4.69, 9.17) is 19.8 Å². The predicted octanol–water partition coefficient (Wildman–Crippen LogP) is 3.08. The Labute approximate surface area is 181 Å². The zero-order chi connectivity index (χ0) is 21.8. The average Bonchev–Trinajstić information content (AvgIpc) is 3.40. The zero-order valence-corrected chi connectivity index (χ0v) is 17.6. The van der Waals surface area contributed by atoms with Crippen LogP contribution in [0.1, 0.15) is 17.3 Å². The molecule has 160 valence electrons. The van der Waals surface area contributed by atoms with Gasteiger partial charge in [-0.05, 0) is 29.8 Å². The van der Waals surface area contributed by atoms with Crippen LogP contribution in [0.2, 0.25) is 0 Å². The third-order valence-electron chi connectivity index (χ3n) is 4.48. The minimum atomic E-state index is -0.312. The van der Waals surface area contributed by atoms with Gasteiger partial charge in [-0.3, -0.25) is 0 Å². The molecule has 2 N–H and O–H groups in total. The molecule has 0 radical (unpaired) electrons. The molecule has 4 rings (SSSR count). The maximum absolute atomic E-state index is 13.9. The SMILES string of the molecule is COc1ccc(-c2noc(CSc3nnc(Cc4ccccc4F)n3N)n2)cc1OC. The summed E-state index contributed by atoms with van der Waals surface area (Å²) in [5, 5.41) is 12.6. The Morgan fingerprint density at radius 1 is 1.10 bits per heavy atom. The van der Waals surface area contributed by atoms with E-state index >= 15 is 0 Å². The number of benzene rings is 2. The number of nitrogen functional groups attached to an aromatic ring is 1. The summed E-state index contributed by atoms with van der Waals surface area (Å²) in [6.45, 7) is 0. The van der Waals surface area contributed by atoms with Crippen molar-refractivity contribution < 1.29 is 18.4 Å². The molecule has 0 unspecified atom stereocenters. The minimum absolute atomic E-state index is 0.237. The Bertz CT molecular complexity index is 1200. The summed E-state index contributed by atoms with van der Waals surface area (Å²) < 4.78 is 31.1. The first-order valence-corrected chi connectivity index (χ1v) is 10.2. The fourth-order valence-corrected chi connectivity index (χ4v) is 3.58. The van der Waals surface area contributed by atoms with E-state index in [0.29, 0.717) is 45.5 Å². The molecule has 31 heavy (non-hydrogen) atoms. The average molecular weight is 442 g/mol. The number of thioether (sulfide) groups is 1. The van der Waals surface area contributed by atoms with Crippen LogP contribution >= 0.6 is 11.8 Å². The van der Waals surface area contributed by atoms with E-state index in [9.17, 15) is 4.39 Å². The summed E-state index contributed by atoms with van der Waals surface area (Å²) in [5.41, 5.74) is 1.22. The highest BCUT2D eigenvalue weighted by Gasteiger charge is 2.16. The third-order valence-corrected chi connectivity index (χ3v) is 5.40. The van der Waals surface area contributed by atoms with Crippen molar-refractivity contribution in [2.45, 2.75) is 17.3 Å². The van der Waals surface area contributed by atoms with Crippen LogP contribution in [0.15, 0.2) is 52.1 Å². The van der Waals surface area contributed by atoms with Crippen molar-refractivity contribution in [1.29, 1.82) is 0 Å². The Kier molecular flexibility index (Phi) is 6.03. The second kappa shape index (κ2) is 9.04. The van der Waals surface area contributed by atoms with Crippen molar-refractivity contribution in [2.24, 2.45) is 0 Å². The zero-order valence-electron chi connectivity index (χ0n) is 16.8. The summed E-state index contributed by atoms with van der Waals surface area (Å²) in [7, 11) is 3.13. The largest absolute Gasteiger partial charge is 0.493 e. The van der Waals surface area contributed by atoms with Crippen molar-refractivity contribution in [1.82, 2.24) is 25.0 Å². The van der Waals surface area contributed by atoms with Gasteiger partial charge in [0.15, 0.2) is 17.3 Å². The van der Waals surface area contributed by atoms with Gasteiger partial charge < -0.3 is 19.8 Å². The van der Waals surface area contributed by atoms with E-state index in [1.807, 2.05) is 6.07 Å². The van der Waals surface area contributed by atoms with Gasteiger partial charge in [-0.25, -0.2) is 9.07 Å². The number of hydrogen-bond donors (Lipinski definition) is 1. The lowest BCUT2D eigenvalue weighted by atomic mass is 10.1. The van der Waals surface area contributed by atoms with Crippen LogP contribution in [-0.2, 0) is 12.2 Å². The Morgan fingerprint density at radius 3 is 2.68 bits per heavy atom. The van der Waals surface area contributed by atoms with E-state index in [-0.39, 0.29) is 12.2 Å². The maximum atomic E-state index is 13.9. The minimum Gasteiger partial charge on any atom is -0.493 e. The molecule has 0 spiro atoms. The molecule has 0 fully saturated rings. The number of halogens is 1. The van der Waals surface area contributed by atoms with Crippen LogP contribution < -0.4 is 15.3 Å². The Morgan fingerprint density at radius 2 is 1.90 bits per heavy atom. The van der Waals surface area contributed by atoms with Gasteiger partial charge >= 0.3 is 0 Å². The molecular formula is C20H19FN6O3S. The van der Waals surface area contributed by atoms with Gasteiger partial charge in [0.05, 0.1) is 20.0 Å². The molecule has 11 heteroatoms. The highest BCUT2D eigenvalue weighted by Crippen LogP contribution is 2.31. The van der Waals surface area contributed by atoms with Crippen LogP contribution in [0.5, 0.6) is 11.5 Å². The van der Waals surface area contributed by atoms with E-state index in [0.717, 1.165) is 5.56 Å².